The summed E-state index contributed by atoms with van der Waals surface area (Å²) in [5.74, 6) is -5.31. The lowest BCUT2D eigenvalue weighted by Gasteiger charge is -2.48. The molecule has 2 saturated heterocycles. The largest absolute Gasteiger partial charge is 0.459 e. The van der Waals surface area contributed by atoms with E-state index in [1.165, 1.54) is 78.9 Å². The molecule has 0 saturated carbocycles. The first-order chi connectivity index (χ1) is 36.1. The summed E-state index contributed by atoms with van der Waals surface area (Å²) in [5, 5.41) is 11.9. The van der Waals surface area contributed by atoms with Crippen LogP contribution in [0.25, 0.3) is 0 Å². The van der Waals surface area contributed by atoms with Crippen LogP contribution in [0, 0.1) is 0 Å². The summed E-state index contributed by atoms with van der Waals surface area (Å²) in [6.45, 7) is 2.23. The molecule has 10 atom stereocenters. The third-order valence-corrected chi connectivity index (χ3v) is 11.7. The third-order valence-electron chi connectivity index (χ3n) is 11.7. The Labute approximate surface area is 425 Å². The van der Waals surface area contributed by atoms with Crippen LogP contribution in [0.4, 0.5) is 0 Å². The Bertz CT molecular complexity index is 2820. The molecule has 0 aliphatic carbocycles. The first-order valence-electron chi connectivity index (χ1n) is 23.4. The van der Waals surface area contributed by atoms with E-state index in [-0.39, 0.29) is 40.0 Å². The number of ether oxygens (including phenoxy) is 10. The van der Waals surface area contributed by atoms with Crippen LogP contribution in [-0.2, 0) is 47.4 Å². The number of carbonyl (C=O) groups is 6. The molecule has 0 radical (unpaired) electrons. The normalized spacial score (nSPS) is 23.2. The van der Waals surface area contributed by atoms with E-state index < -0.39 is 110 Å². The van der Waals surface area contributed by atoms with E-state index in [0.29, 0.717) is 0 Å². The molecule has 6 aromatic rings. The maximum atomic E-state index is 14.2. The zero-order valence-electron chi connectivity index (χ0n) is 39.5. The van der Waals surface area contributed by atoms with Crippen LogP contribution in [0.15, 0.2) is 195 Å². The molecule has 0 spiro atoms. The van der Waals surface area contributed by atoms with Gasteiger partial charge in [0.1, 0.15) is 37.6 Å². The van der Waals surface area contributed by atoms with Crippen molar-refractivity contribution < 1.29 is 81.2 Å². The van der Waals surface area contributed by atoms with Gasteiger partial charge in [-0.15, -0.1) is 6.58 Å². The van der Waals surface area contributed by atoms with Crippen LogP contribution in [0.2, 0.25) is 0 Å². The van der Waals surface area contributed by atoms with Gasteiger partial charge in [-0.1, -0.05) is 115 Å². The van der Waals surface area contributed by atoms with E-state index >= 15 is 0 Å². The Morgan fingerprint density at radius 1 is 0.405 bits per heavy atom. The molecular weight excluding hydrogens is 957 g/mol. The molecule has 6 aromatic carbocycles. The highest BCUT2D eigenvalue weighted by atomic mass is 16.8. The minimum absolute atomic E-state index is 0.0417. The lowest BCUT2D eigenvalue weighted by atomic mass is 9.95. The fourth-order valence-electron chi connectivity index (χ4n) is 8.06. The van der Waals surface area contributed by atoms with Crippen molar-refractivity contribution in [1.82, 2.24) is 0 Å². The molecule has 0 amide bonds. The van der Waals surface area contributed by atoms with Crippen LogP contribution in [0.1, 0.15) is 62.1 Å². The van der Waals surface area contributed by atoms with Crippen molar-refractivity contribution in [1.29, 1.82) is 0 Å². The van der Waals surface area contributed by atoms with Gasteiger partial charge in [-0.25, -0.2) is 28.8 Å². The van der Waals surface area contributed by atoms with Crippen molar-refractivity contribution in [3.8, 4) is 0 Å². The zero-order valence-corrected chi connectivity index (χ0v) is 39.5. The lowest BCUT2D eigenvalue weighted by molar-refractivity contribution is -0.355. The molecule has 380 valence electrons. The second-order valence-corrected chi connectivity index (χ2v) is 16.7. The Morgan fingerprint density at radius 3 is 1.08 bits per heavy atom. The second-order valence-electron chi connectivity index (χ2n) is 16.7. The Hall–Kier alpha value is -8.32. The smallest absolute Gasteiger partial charge is 0.338 e. The van der Waals surface area contributed by atoms with Gasteiger partial charge in [-0.3, -0.25) is 0 Å². The molecule has 8 rings (SSSR count). The van der Waals surface area contributed by atoms with Crippen molar-refractivity contribution in [2.24, 2.45) is 0 Å². The molecule has 74 heavy (non-hydrogen) atoms. The zero-order chi connectivity index (χ0) is 51.8. The van der Waals surface area contributed by atoms with Gasteiger partial charge in [0, 0.05) is 0 Å². The maximum absolute atomic E-state index is 14.2. The van der Waals surface area contributed by atoms with Gasteiger partial charge in [-0.2, -0.15) is 0 Å². The highest BCUT2D eigenvalue weighted by Gasteiger charge is 2.57. The topological polar surface area (TPSA) is 215 Å². The Kier molecular flexibility index (Phi) is 17.8. The highest BCUT2D eigenvalue weighted by molar-refractivity contribution is 5.92. The van der Waals surface area contributed by atoms with Crippen LogP contribution < -0.4 is 0 Å². The van der Waals surface area contributed by atoms with Gasteiger partial charge in [-0.05, 0) is 72.8 Å². The first kappa shape index (κ1) is 52.0. The summed E-state index contributed by atoms with van der Waals surface area (Å²) in [6.07, 6.45) is -16.1. The summed E-state index contributed by atoms with van der Waals surface area (Å²) in [5.41, 5.74) is 0.614. The average molecular weight is 1010 g/mol. The number of esters is 6. The van der Waals surface area contributed by atoms with Crippen molar-refractivity contribution in [3.63, 3.8) is 0 Å². The fourth-order valence-corrected chi connectivity index (χ4v) is 8.06. The van der Waals surface area contributed by atoms with Gasteiger partial charge in [0.25, 0.3) is 0 Å². The van der Waals surface area contributed by atoms with Crippen molar-refractivity contribution in [3.05, 3.63) is 228 Å². The summed E-state index contributed by atoms with van der Waals surface area (Å²) >= 11 is 0. The number of hydrogen-bond donors (Lipinski definition) is 1. The van der Waals surface area contributed by atoms with Crippen LogP contribution >= 0.6 is 0 Å². The van der Waals surface area contributed by atoms with Crippen LogP contribution in [-0.4, -0.2) is 122 Å². The van der Waals surface area contributed by atoms with E-state index in [1.807, 2.05) is 0 Å². The fraction of sp³-hybridized carbons (Fsp3) is 0.228. The van der Waals surface area contributed by atoms with E-state index in [0.717, 1.165) is 0 Å². The number of aliphatic hydroxyl groups is 1. The van der Waals surface area contributed by atoms with E-state index in [4.69, 9.17) is 47.4 Å². The molecule has 2 aliphatic heterocycles. The number of benzene rings is 6. The number of aliphatic hydroxyl groups excluding tert-OH is 1. The van der Waals surface area contributed by atoms with Gasteiger partial charge >= 0.3 is 35.8 Å². The molecule has 2 heterocycles. The first-order valence-corrected chi connectivity index (χ1v) is 23.4. The molecule has 17 heteroatoms. The van der Waals surface area contributed by atoms with Gasteiger partial charge in [0.2, 0.25) is 0 Å². The third kappa shape index (κ3) is 13.2. The van der Waals surface area contributed by atoms with Gasteiger partial charge < -0.3 is 52.5 Å². The average Bonchev–Trinajstić information content (AvgIpc) is 3.45. The minimum atomic E-state index is -2.09. The van der Waals surface area contributed by atoms with Crippen LogP contribution in [0.5, 0.6) is 0 Å². The maximum Gasteiger partial charge on any atom is 0.338 e. The molecule has 2 fully saturated rings. The number of hydrogen-bond acceptors (Lipinski definition) is 17. The predicted octanol–water partition coefficient (Wildman–Crippen LogP) is 7.00. The van der Waals surface area contributed by atoms with Gasteiger partial charge in [0.05, 0.1) is 40.0 Å². The number of rotatable bonds is 19. The Balaban J connectivity index is 1.24. The summed E-state index contributed by atoms with van der Waals surface area (Å²) < 4.78 is 61.8. The van der Waals surface area contributed by atoms with E-state index in [2.05, 4.69) is 6.58 Å². The summed E-state index contributed by atoms with van der Waals surface area (Å²) in [4.78, 5) is 83.3. The van der Waals surface area contributed by atoms with Crippen molar-refractivity contribution in [2.45, 2.75) is 61.4 Å². The highest BCUT2D eigenvalue weighted by Crippen LogP contribution is 2.36. The van der Waals surface area contributed by atoms with E-state index in [9.17, 15) is 33.9 Å². The monoisotopic (exact) mass is 1010 g/mol. The van der Waals surface area contributed by atoms with Crippen molar-refractivity contribution in [2.75, 3.05) is 19.8 Å². The van der Waals surface area contributed by atoms with E-state index in [1.54, 1.807) is 109 Å². The van der Waals surface area contributed by atoms with Crippen LogP contribution in [0.3, 0.4) is 0 Å². The van der Waals surface area contributed by atoms with Gasteiger partial charge in [0.15, 0.2) is 37.0 Å². The molecule has 2 aliphatic rings. The summed E-state index contributed by atoms with van der Waals surface area (Å²) in [7, 11) is 0. The standard InChI is InChI=1S/C57H50O17/c1-2-33-65-46-44(70-52(60)38-25-13-5-14-26-38)43(35-67-51(59)37-23-11-4-12-24-37)69-57(49(46)73-55(63)41-31-19-8-20-32-41)74-47-45(71-53(61)39-27-15-6-16-28-39)42(34-66-50(58)36-21-9-3-10-22-36)68-56(64)48(47)72-54(62)40-29-17-7-18-30-40/h2-32,42-49,56-57,64H,1,33-35H2/t42-,43-,44-,45-,46+,47+,48+,49+,56+,57-/m1/s1. The molecule has 0 unspecified atom stereocenters. The number of carbonyl (C=O) groups excluding carboxylic acids is 6. The quantitative estimate of drug-likeness (QED) is 0.0491. The molecule has 0 bridgehead atoms. The SMILES string of the molecule is C=CCO[C@@H]1[C@H](OC(=O)c2ccccc2)[C@@H](O[C@@H]2[C@H](OC(=O)c3ccccc3)[C@@H](O)O[C@H](COC(=O)c3ccccc3)[C@H]2OC(=O)c2ccccc2)O[C@H](COC(=O)c2ccccc2)[C@H]1OC(=O)c1ccccc1. The molecule has 0 aromatic heterocycles. The minimum Gasteiger partial charge on any atom is -0.459 e. The Morgan fingerprint density at radius 2 is 0.716 bits per heavy atom. The molecule has 1 N–H and O–H groups in total. The summed E-state index contributed by atoms with van der Waals surface area (Å²) in [6, 6.07) is 47.3. The molecular formula is C57H50O17. The molecule has 17 nitrogen and oxygen atoms in total. The van der Waals surface area contributed by atoms with Crippen molar-refractivity contribution >= 4 is 35.8 Å². The predicted molar refractivity (Wildman–Crippen MR) is 260 cm³/mol. The lowest BCUT2D eigenvalue weighted by Crippen LogP contribution is -2.67. The second kappa shape index (κ2) is 25.4.